The lowest BCUT2D eigenvalue weighted by molar-refractivity contribution is 0.208. The Balaban J connectivity index is 0.00000288. The molecule has 0 aliphatic carbocycles. The number of halogens is 1. The van der Waals surface area contributed by atoms with E-state index in [2.05, 4.69) is 52.3 Å². The van der Waals surface area contributed by atoms with E-state index in [0.717, 1.165) is 50.9 Å². The molecule has 0 bridgehead atoms. The second-order valence-electron chi connectivity index (χ2n) is 6.52. The summed E-state index contributed by atoms with van der Waals surface area (Å²) >= 11 is 0. The lowest BCUT2D eigenvalue weighted by atomic mass is 9.92. The van der Waals surface area contributed by atoms with Crippen molar-refractivity contribution in [3.8, 4) is 0 Å². The predicted molar refractivity (Wildman–Crippen MR) is 110 cm³/mol. The first-order valence-corrected chi connectivity index (χ1v) is 8.64. The standard InChI is InChI=1S/C17H30N6.HI/c1-5-7-18-17(23-11-14(3)10-15(4)12-23)19-8-9-22-13-20-21-16(22)6-2;/h5,13-15H,1,6-12H2,2-4H3,(H,18,19);1H. The fraction of sp³-hybridized carbons (Fsp3) is 0.706. The van der Waals surface area contributed by atoms with Gasteiger partial charge >= 0.3 is 0 Å². The zero-order valence-electron chi connectivity index (χ0n) is 15.1. The molecule has 2 unspecified atom stereocenters. The van der Waals surface area contributed by atoms with Crippen molar-refractivity contribution in [1.82, 2.24) is 25.0 Å². The molecule has 1 fully saturated rings. The van der Waals surface area contributed by atoms with Crippen molar-refractivity contribution < 1.29 is 0 Å². The summed E-state index contributed by atoms with van der Waals surface area (Å²) in [6.07, 6.45) is 5.86. The van der Waals surface area contributed by atoms with Crippen LogP contribution in [0.15, 0.2) is 24.0 Å². The number of aryl methyl sites for hydroxylation is 1. The van der Waals surface area contributed by atoms with Crippen molar-refractivity contribution in [2.24, 2.45) is 16.8 Å². The first kappa shape index (κ1) is 20.9. The Hall–Kier alpha value is -1.12. The van der Waals surface area contributed by atoms with E-state index < -0.39 is 0 Å². The van der Waals surface area contributed by atoms with Crippen molar-refractivity contribution in [2.45, 2.75) is 40.2 Å². The zero-order chi connectivity index (χ0) is 16.7. The average Bonchev–Trinajstić information content (AvgIpc) is 2.97. The Kier molecular flexibility index (Phi) is 9.31. The molecule has 2 rings (SSSR count). The Morgan fingerprint density at radius 2 is 2.12 bits per heavy atom. The molecular weight excluding hydrogens is 415 g/mol. The summed E-state index contributed by atoms with van der Waals surface area (Å²) in [5.41, 5.74) is 0. The van der Waals surface area contributed by atoms with Gasteiger partial charge in [-0.25, -0.2) is 0 Å². The van der Waals surface area contributed by atoms with E-state index in [-0.39, 0.29) is 24.0 Å². The first-order valence-electron chi connectivity index (χ1n) is 8.64. The van der Waals surface area contributed by atoms with Gasteiger partial charge in [-0.3, -0.25) is 4.99 Å². The largest absolute Gasteiger partial charge is 0.353 e. The van der Waals surface area contributed by atoms with Gasteiger partial charge in [0.1, 0.15) is 12.2 Å². The molecule has 136 valence electrons. The van der Waals surface area contributed by atoms with E-state index in [0.29, 0.717) is 11.8 Å². The third-order valence-electron chi connectivity index (χ3n) is 4.19. The highest BCUT2D eigenvalue weighted by Crippen LogP contribution is 2.20. The lowest BCUT2D eigenvalue weighted by Gasteiger charge is -2.37. The van der Waals surface area contributed by atoms with E-state index in [1.807, 2.05) is 6.08 Å². The van der Waals surface area contributed by atoms with Crippen LogP contribution in [0.3, 0.4) is 0 Å². The third-order valence-corrected chi connectivity index (χ3v) is 4.19. The number of likely N-dealkylation sites (tertiary alicyclic amines) is 1. The van der Waals surface area contributed by atoms with Gasteiger partial charge < -0.3 is 14.8 Å². The van der Waals surface area contributed by atoms with Crippen molar-refractivity contribution >= 4 is 29.9 Å². The number of piperidine rings is 1. The number of rotatable bonds is 6. The number of hydrogen-bond donors (Lipinski definition) is 1. The van der Waals surface area contributed by atoms with Crippen LogP contribution in [0.1, 0.15) is 33.0 Å². The maximum Gasteiger partial charge on any atom is 0.194 e. The van der Waals surface area contributed by atoms with Gasteiger partial charge in [0.2, 0.25) is 0 Å². The van der Waals surface area contributed by atoms with Crippen LogP contribution in [0, 0.1) is 11.8 Å². The number of guanidine groups is 1. The minimum Gasteiger partial charge on any atom is -0.353 e. The van der Waals surface area contributed by atoms with Crippen LogP contribution in [-0.4, -0.2) is 51.8 Å². The molecule has 1 aliphatic heterocycles. The molecule has 7 heteroatoms. The highest BCUT2D eigenvalue weighted by Gasteiger charge is 2.23. The van der Waals surface area contributed by atoms with Gasteiger partial charge in [0.05, 0.1) is 6.54 Å². The molecule has 1 saturated heterocycles. The van der Waals surface area contributed by atoms with Crippen molar-refractivity contribution in [1.29, 1.82) is 0 Å². The molecule has 24 heavy (non-hydrogen) atoms. The Morgan fingerprint density at radius 1 is 1.42 bits per heavy atom. The average molecular weight is 446 g/mol. The first-order chi connectivity index (χ1) is 11.1. The van der Waals surface area contributed by atoms with E-state index in [4.69, 9.17) is 4.99 Å². The fourth-order valence-corrected chi connectivity index (χ4v) is 3.27. The molecule has 1 aliphatic rings. The van der Waals surface area contributed by atoms with E-state index in [1.165, 1.54) is 6.42 Å². The Labute approximate surface area is 162 Å². The fourth-order valence-electron chi connectivity index (χ4n) is 3.27. The SMILES string of the molecule is C=CCNC(=NCCn1cnnc1CC)N1CC(C)CC(C)C1.I. The zero-order valence-corrected chi connectivity index (χ0v) is 17.4. The van der Waals surface area contributed by atoms with Crippen LogP contribution in [0.5, 0.6) is 0 Å². The lowest BCUT2D eigenvalue weighted by Crippen LogP contribution is -2.48. The highest BCUT2D eigenvalue weighted by molar-refractivity contribution is 14.0. The maximum atomic E-state index is 4.81. The van der Waals surface area contributed by atoms with E-state index in [1.54, 1.807) is 6.33 Å². The van der Waals surface area contributed by atoms with Crippen molar-refractivity contribution in [3.05, 3.63) is 24.8 Å². The van der Waals surface area contributed by atoms with Crippen molar-refractivity contribution in [3.63, 3.8) is 0 Å². The number of aromatic nitrogens is 3. The molecule has 0 spiro atoms. The summed E-state index contributed by atoms with van der Waals surface area (Å²) in [7, 11) is 0. The van der Waals surface area contributed by atoms with E-state index >= 15 is 0 Å². The number of nitrogens with zero attached hydrogens (tertiary/aromatic N) is 5. The van der Waals surface area contributed by atoms with Gasteiger partial charge in [-0.1, -0.05) is 26.8 Å². The molecular formula is C17H31IN6. The summed E-state index contributed by atoms with van der Waals surface area (Å²) in [4.78, 5) is 7.20. The van der Waals surface area contributed by atoms with Gasteiger partial charge in [-0.15, -0.1) is 40.8 Å². The molecule has 1 N–H and O–H groups in total. The van der Waals surface area contributed by atoms with Gasteiger partial charge in [0, 0.05) is 32.6 Å². The summed E-state index contributed by atoms with van der Waals surface area (Å²) in [5, 5.41) is 11.5. The molecule has 2 heterocycles. The molecule has 0 saturated carbocycles. The molecule has 0 radical (unpaired) electrons. The predicted octanol–water partition coefficient (Wildman–Crippen LogP) is 2.57. The summed E-state index contributed by atoms with van der Waals surface area (Å²) in [6.45, 7) is 14.9. The smallest absolute Gasteiger partial charge is 0.194 e. The van der Waals surface area contributed by atoms with Crippen LogP contribution >= 0.6 is 24.0 Å². The van der Waals surface area contributed by atoms with Gasteiger partial charge in [0.25, 0.3) is 0 Å². The van der Waals surface area contributed by atoms with Crippen molar-refractivity contribution in [2.75, 3.05) is 26.2 Å². The second kappa shape index (κ2) is 10.7. The summed E-state index contributed by atoms with van der Waals surface area (Å²) in [6, 6.07) is 0. The Morgan fingerprint density at radius 3 is 2.75 bits per heavy atom. The second-order valence-corrected chi connectivity index (χ2v) is 6.52. The molecule has 2 atom stereocenters. The van der Waals surface area contributed by atoms with Crippen LogP contribution in [0.2, 0.25) is 0 Å². The number of hydrogen-bond acceptors (Lipinski definition) is 3. The number of nitrogens with one attached hydrogen (secondary N) is 1. The van der Waals surface area contributed by atoms with Gasteiger partial charge in [-0.05, 0) is 18.3 Å². The van der Waals surface area contributed by atoms with E-state index in [9.17, 15) is 0 Å². The molecule has 6 nitrogen and oxygen atoms in total. The quantitative estimate of drug-likeness (QED) is 0.316. The normalized spacial score (nSPS) is 21.3. The highest BCUT2D eigenvalue weighted by atomic mass is 127. The monoisotopic (exact) mass is 446 g/mol. The molecule has 1 aromatic rings. The van der Waals surface area contributed by atoms with Crippen LogP contribution in [-0.2, 0) is 13.0 Å². The maximum absolute atomic E-state index is 4.81. The van der Waals surface area contributed by atoms with Gasteiger partial charge in [0.15, 0.2) is 5.96 Å². The minimum atomic E-state index is 0. The minimum absolute atomic E-state index is 0. The van der Waals surface area contributed by atoms with Crippen LogP contribution in [0.25, 0.3) is 0 Å². The van der Waals surface area contributed by atoms with Crippen LogP contribution in [0.4, 0.5) is 0 Å². The summed E-state index contributed by atoms with van der Waals surface area (Å²) in [5.74, 6) is 3.42. The molecule has 0 aromatic carbocycles. The van der Waals surface area contributed by atoms with Crippen LogP contribution < -0.4 is 5.32 Å². The topological polar surface area (TPSA) is 58.3 Å². The Bertz CT molecular complexity index is 517. The summed E-state index contributed by atoms with van der Waals surface area (Å²) < 4.78 is 2.08. The molecule has 0 amide bonds. The number of aliphatic imine (C=N–C) groups is 1. The third kappa shape index (κ3) is 6.07. The molecule has 1 aromatic heterocycles. The van der Waals surface area contributed by atoms with Gasteiger partial charge in [-0.2, -0.15) is 0 Å².